The van der Waals surface area contributed by atoms with E-state index in [1.165, 1.54) is 0 Å². The fourth-order valence-electron chi connectivity index (χ4n) is 1.87. The van der Waals surface area contributed by atoms with E-state index in [0.29, 0.717) is 17.0 Å². The molecular formula is C18H16N2O4. The normalized spacial score (nSPS) is 9.67. The van der Waals surface area contributed by atoms with Gasteiger partial charge in [-0.1, -0.05) is 18.2 Å². The zero-order valence-electron chi connectivity index (χ0n) is 13.1. The summed E-state index contributed by atoms with van der Waals surface area (Å²) >= 11 is 0. The number of anilines is 1. The molecule has 0 saturated heterocycles. The van der Waals surface area contributed by atoms with Crippen molar-refractivity contribution in [3.8, 4) is 11.8 Å². The van der Waals surface area contributed by atoms with Crippen LogP contribution in [0.1, 0.15) is 11.1 Å². The number of carbonyl (C=O) groups excluding carboxylic acids is 2. The molecule has 2 aromatic rings. The fourth-order valence-corrected chi connectivity index (χ4v) is 1.87. The molecule has 0 atom stereocenters. The molecule has 122 valence electrons. The van der Waals surface area contributed by atoms with Gasteiger partial charge in [0.2, 0.25) is 0 Å². The first-order valence-electron chi connectivity index (χ1n) is 7.22. The Kier molecular flexibility index (Phi) is 5.92. The Hall–Kier alpha value is -3.33. The van der Waals surface area contributed by atoms with E-state index in [-0.39, 0.29) is 6.61 Å². The molecule has 0 unspecified atom stereocenters. The summed E-state index contributed by atoms with van der Waals surface area (Å²) in [6.07, 6.45) is 0. The molecule has 0 fully saturated rings. The Morgan fingerprint density at radius 2 is 1.79 bits per heavy atom. The predicted octanol–water partition coefficient (Wildman–Crippen LogP) is 2.43. The highest BCUT2D eigenvalue weighted by molar-refractivity contribution is 5.92. The van der Waals surface area contributed by atoms with Gasteiger partial charge in [0.1, 0.15) is 5.75 Å². The lowest BCUT2D eigenvalue weighted by Gasteiger charge is -2.09. The topological polar surface area (TPSA) is 88.4 Å². The molecule has 6 heteroatoms. The van der Waals surface area contributed by atoms with Gasteiger partial charge in [-0.15, -0.1) is 0 Å². The molecule has 1 amide bonds. The van der Waals surface area contributed by atoms with E-state index in [0.717, 1.165) is 5.56 Å². The Morgan fingerprint density at radius 3 is 2.46 bits per heavy atom. The smallest absolute Gasteiger partial charge is 0.344 e. The van der Waals surface area contributed by atoms with Crippen LogP contribution in [0.25, 0.3) is 0 Å². The molecule has 0 aliphatic carbocycles. The second kappa shape index (κ2) is 8.34. The van der Waals surface area contributed by atoms with Gasteiger partial charge in [0.05, 0.1) is 11.6 Å². The molecule has 2 aromatic carbocycles. The number of rotatable bonds is 6. The van der Waals surface area contributed by atoms with Crippen LogP contribution in [0.2, 0.25) is 0 Å². The summed E-state index contributed by atoms with van der Waals surface area (Å²) in [7, 11) is 0. The number of hydrogen-bond acceptors (Lipinski definition) is 5. The maximum absolute atomic E-state index is 11.7. The number of carbonyl (C=O) groups is 2. The fraction of sp³-hybridized carbons (Fsp3) is 0.167. The maximum Gasteiger partial charge on any atom is 0.344 e. The van der Waals surface area contributed by atoms with Crippen LogP contribution in [0.3, 0.4) is 0 Å². The summed E-state index contributed by atoms with van der Waals surface area (Å²) < 4.78 is 10.2. The summed E-state index contributed by atoms with van der Waals surface area (Å²) in [5.74, 6) is -0.506. The molecule has 0 saturated carbocycles. The van der Waals surface area contributed by atoms with Gasteiger partial charge in [-0.2, -0.15) is 5.26 Å². The second-order valence-corrected chi connectivity index (χ2v) is 4.95. The average molecular weight is 324 g/mol. The SMILES string of the molecule is Cc1ccccc1OCC(=O)OCC(=O)Nc1ccc(C#N)cc1. The molecule has 0 heterocycles. The minimum Gasteiger partial charge on any atom is -0.482 e. The van der Waals surface area contributed by atoms with Gasteiger partial charge in [-0.25, -0.2) is 4.79 Å². The lowest BCUT2D eigenvalue weighted by molar-refractivity contribution is -0.149. The molecule has 24 heavy (non-hydrogen) atoms. The molecule has 0 aliphatic heterocycles. The van der Waals surface area contributed by atoms with Crippen LogP contribution in [-0.4, -0.2) is 25.1 Å². The summed E-state index contributed by atoms with van der Waals surface area (Å²) in [6, 6.07) is 15.6. The predicted molar refractivity (Wildman–Crippen MR) is 87.4 cm³/mol. The molecular weight excluding hydrogens is 308 g/mol. The van der Waals surface area contributed by atoms with Crippen molar-refractivity contribution in [2.45, 2.75) is 6.92 Å². The van der Waals surface area contributed by atoms with Gasteiger partial charge in [0, 0.05) is 5.69 Å². The standard InChI is InChI=1S/C18H16N2O4/c1-13-4-2-3-5-16(13)23-12-18(22)24-11-17(21)20-15-8-6-14(10-19)7-9-15/h2-9H,11-12H2,1H3,(H,20,21). The van der Waals surface area contributed by atoms with Crippen LogP contribution in [0, 0.1) is 18.3 Å². The van der Waals surface area contributed by atoms with E-state index >= 15 is 0 Å². The van der Waals surface area contributed by atoms with Crippen LogP contribution in [-0.2, 0) is 14.3 Å². The lowest BCUT2D eigenvalue weighted by Crippen LogP contribution is -2.23. The number of ether oxygens (including phenoxy) is 2. The van der Waals surface area contributed by atoms with Crippen molar-refractivity contribution in [2.24, 2.45) is 0 Å². The first-order valence-corrected chi connectivity index (χ1v) is 7.22. The third kappa shape index (κ3) is 5.14. The molecule has 0 radical (unpaired) electrons. The molecule has 0 spiro atoms. The number of para-hydroxylation sites is 1. The quantitative estimate of drug-likeness (QED) is 0.824. The first-order chi connectivity index (χ1) is 11.6. The van der Waals surface area contributed by atoms with Crippen molar-refractivity contribution in [1.82, 2.24) is 0 Å². The minimum absolute atomic E-state index is 0.269. The van der Waals surface area contributed by atoms with E-state index < -0.39 is 18.5 Å². The van der Waals surface area contributed by atoms with Gasteiger partial charge in [0.15, 0.2) is 13.2 Å². The molecule has 1 N–H and O–H groups in total. The van der Waals surface area contributed by atoms with Gasteiger partial charge in [-0.05, 0) is 42.8 Å². The average Bonchev–Trinajstić information content (AvgIpc) is 2.60. The number of hydrogen-bond donors (Lipinski definition) is 1. The van der Waals surface area contributed by atoms with E-state index in [4.69, 9.17) is 14.7 Å². The van der Waals surface area contributed by atoms with E-state index in [1.54, 1.807) is 36.4 Å². The number of amides is 1. The largest absolute Gasteiger partial charge is 0.482 e. The monoisotopic (exact) mass is 324 g/mol. The highest BCUT2D eigenvalue weighted by atomic mass is 16.6. The van der Waals surface area contributed by atoms with Gasteiger partial charge in [-0.3, -0.25) is 4.79 Å². The summed E-state index contributed by atoms with van der Waals surface area (Å²) in [4.78, 5) is 23.3. The Bertz CT molecular complexity index is 763. The van der Waals surface area contributed by atoms with Crippen LogP contribution < -0.4 is 10.1 Å². The van der Waals surface area contributed by atoms with Crippen LogP contribution >= 0.6 is 0 Å². The molecule has 0 aromatic heterocycles. The zero-order valence-corrected chi connectivity index (χ0v) is 13.1. The van der Waals surface area contributed by atoms with Crippen molar-refractivity contribution >= 4 is 17.6 Å². The van der Waals surface area contributed by atoms with Crippen molar-refractivity contribution < 1.29 is 19.1 Å². The Balaban J connectivity index is 1.73. The number of nitrogens with one attached hydrogen (secondary N) is 1. The third-order valence-electron chi connectivity index (χ3n) is 3.10. The van der Waals surface area contributed by atoms with Crippen LogP contribution in [0.15, 0.2) is 48.5 Å². The van der Waals surface area contributed by atoms with Crippen LogP contribution in [0.5, 0.6) is 5.75 Å². The number of aryl methyl sites for hydroxylation is 1. The second-order valence-electron chi connectivity index (χ2n) is 4.95. The van der Waals surface area contributed by atoms with Crippen LogP contribution in [0.4, 0.5) is 5.69 Å². The van der Waals surface area contributed by atoms with Gasteiger partial charge >= 0.3 is 5.97 Å². The summed E-state index contributed by atoms with van der Waals surface area (Å²) in [6.45, 7) is 1.19. The number of benzene rings is 2. The maximum atomic E-state index is 11.7. The number of esters is 1. The van der Waals surface area contributed by atoms with Crippen molar-refractivity contribution in [2.75, 3.05) is 18.5 Å². The van der Waals surface area contributed by atoms with E-state index in [2.05, 4.69) is 5.32 Å². The Morgan fingerprint density at radius 1 is 1.08 bits per heavy atom. The molecule has 2 rings (SSSR count). The molecule has 0 bridgehead atoms. The highest BCUT2D eigenvalue weighted by Gasteiger charge is 2.09. The summed E-state index contributed by atoms with van der Waals surface area (Å²) in [5.41, 5.74) is 1.92. The zero-order chi connectivity index (χ0) is 17.4. The van der Waals surface area contributed by atoms with Gasteiger partial charge < -0.3 is 14.8 Å². The lowest BCUT2D eigenvalue weighted by atomic mass is 10.2. The van der Waals surface area contributed by atoms with Crippen molar-refractivity contribution in [3.05, 3.63) is 59.7 Å². The van der Waals surface area contributed by atoms with E-state index in [9.17, 15) is 9.59 Å². The van der Waals surface area contributed by atoms with Gasteiger partial charge in [0.25, 0.3) is 5.91 Å². The number of nitriles is 1. The molecule has 0 aliphatic rings. The first kappa shape index (κ1) is 17.0. The Labute approximate surface area is 139 Å². The van der Waals surface area contributed by atoms with E-state index in [1.807, 2.05) is 25.1 Å². The summed E-state index contributed by atoms with van der Waals surface area (Å²) in [5, 5.41) is 11.3. The van der Waals surface area contributed by atoms with Crippen molar-refractivity contribution in [3.63, 3.8) is 0 Å². The minimum atomic E-state index is -0.631. The molecule has 6 nitrogen and oxygen atoms in total. The van der Waals surface area contributed by atoms with Crippen molar-refractivity contribution in [1.29, 1.82) is 5.26 Å². The highest BCUT2D eigenvalue weighted by Crippen LogP contribution is 2.15. The number of nitrogens with zero attached hydrogens (tertiary/aromatic N) is 1. The third-order valence-corrected chi connectivity index (χ3v) is 3.10.